The van der Waals surface area contributed by atoms with Gasteiger partial charge in [0, 0.05) is 34.6 Å². The number of thiazole rings is 1. The van der Waals surface area contributed by atoms with E-state index in [0.29, 0.717) is 5.13 Å². The maximum atomic E-state index is 12.2. The topological polar surface area (TPSA) is 123 Å². The molecule has 0 aliphatic heterocycles. The number of nitrogens with zero attached hydrogens (tertiary/aromatic N) is 3. The van der Waals surface area contributed by atoms with Gasteiger partial charge < -0.3 is 16.5 Å². The first kappa shape index (κ1) is 25.7. The lowest BCUT2D eigenvalue weighted by atomic mass is 10.1. The smallest absolute Gasteiger partial charge is 0.254 e. The second-order valence-corrected chi connectivity index (χ2v) is 7.58. The number of halogens is 2. The number of thioether (sulfide) groups is 1. The highest BCUT2D eigenvalue weighted by molar-refractivity contribution is 7.98. The quantitative estimate of drug-likeness (QED) is 0.305. The van der Waals surface area contributed by atoms with Crippen LogP contribution in [0.5, 0.6) is 0 Å². The fourth-order valence-corrected chi connectivity index (χ4v) is 3.96. The van der Waals surface area contributed by atoms with E-state index in [1.165, 1.54) is 11.3 Å². The Balaban J connectivity index is 0.00000338. The summed E-state index contributed by atoms with van der Waals surface area (Å²) in [6, 6.07) is 0. The summed E-state index contributed by atoms with van der Waals surface area (Å²) in [6.45, 7) is 4.03. The summed E-state index contributed by atoms with van der Waals surface area (Å²) in [5.74, 6) is 2.39. The largest absolute Gasteiger partial charge is 0.370 e. The van der Waals surface area contributed by atoms with Gasteiger partial charge in [-0.3, -0.25) is 4.79 Å². The first-order valence-corrected chi connectivity index (χ1v) is 10.2. The maximum Gasteiger partial charge on any atom is 0.254 e. The maximum absolute atomic E-state index is 12.2. The van der Waals surface area contributed by atoms with Crippen LogP contribution in [0.15, 0.2) is 15.2 Å². The van der Waals surface area contributed by atoms with Crippen molar-refractivity contribution in [2.45, 2.75) is 45.3 Å². The first-order valence-electron chi connectivity index (χ1n) is 8.20. The number of H-pyrrole nitrogens is 1. The predicted molar refractivity (Wildman–Crippen MR) is 120 cm³/mol. The number of rotatable bonds is 9. The van der Waals surface area contributed by atoms with Gasteiger partial charge in [0.05, 0.1) is 5.69 Å². The Labute approximate surface area is 179 Å². The molecule has 2 aromatic heterocycles. The fraction of sp³-hybridized carbons (Fsp3) is 0.500. The minimum atomic E-state index is 0. The Morgan fingerprint density at radius 1 is 1.30 bits per heavy atom. The van der Waals surface area contributed by atoms with E-state index in [9.17, 15) is 4.79 Å². The molecular formula is C16H26Cl2N6OS2. The van der Waals surface area contributed by atoms with Gasteiger partial charge in [-0.2, -0.15) is 16.8 Å². The second kappa shape index (κ2) is 13.0. The van der Waals surface area contributed by atoms with Gasteiger partial charge in [-0.1, -0.05) is 13.3 Å². The molecule has 0 amide bonds. The number of nitrogens with two attached hydrogens (primary N) is 2. The molecule has 2 rings (SSSR count). The highest BCUT2D eigenvalue weighted by Gasteiger charge is 2.08. The third-order valence-electron chi connectivity index (χ3n) is 3.55. The summed E-state index contributed by atoms with van der Waals surface area (Å²) in [6.07, 6.45) is 3.59. The molecular weight excluding hydrogens is 427 g/mol. The molecule has 0 atom stereocenters. The molecule has 0 bridgehead atoms. The number of unbranched alkanes of at least 4 members (excludes halogenated alkanes) is 1. The van der Waals surface area contributed by atoms with Crippen LogP contribution in [-0.4, -0.2) is 26.7 Å². The Hall–Kier alpha value is -1.29. The van der Waals surface area contributed by atoms with Crippen LogP contribution in [0.3, 0.4) is 0 Å². The van der Waals surface area contributed by atoms with Crippen molar-refractivity contribution in [3.63, 3.8) is 0 Å². The molecule has 0 unspecified atom stereocenters. The molecule has 27 heavy (non-hydrogen) atoms. The van der Waals surface area contributed by atoms with Crippen LogP contribution in [0.4, 0.5) is 5.13 Å². The summed E-state index contributed by atoms with van der Waals surface area (Å²) in [4.78, 5) is 27.9. The lowest BCUT2D eigenvalue weighted by molar-refractivity contribution is 0.763. The van der Waals surface area contributed by atoms with Crippen LogP contribution < -0.4 is 17.0 Å². The Kier molecular flexibility index (Phi) is 12.4. The van der Waals surface area contributed by atoms with Crippen molar-refractivity contribution in [3.05, 3.63) is 38.5 Å². The Morgan fingerprint density at radius 3 is 2.67 bits per heavy atom. The molecule has 0 aliphatic carbocycles. The van der Waals surface area contributed by atoms with Crippen molar-refractivity contribution in [3.8, 4) is 0 Å². The summed E-state index contributed by atoms with van der Waals surface area (Å²) < 4.78 is 0. The van der Waals surface area contributed by atoms with Gasteiger partial charge >= 0.3 is 0 Å². The van der Waals surface area contributed by atoms with Crippen molar-refractivity contribution >= 4 is 59.0 Å². The molecule has 0 saturated heterocycles. The summed E-state index contributed by atoms with van der Waals surface area (Å²) in [5.41, 5.74) is 13.3. The van der Waals surface area contributed by atoms with E-state index < -0.39 is 0 Å². The van der Waals surface area contributed by atoms with Crippen LogP contribution in [0.1, 0.15) is 42.5 Å². The van der Waals surface area contributed by atoms with Crippen molar-refractivity contribution in [2.24, 2.45) is 16.5 Å². The van der Waals surface area contributed by atoms with E-state index in [1.54, 1.807) is 11.8 Å². The molecule has 11 heteroatoms. The van der Waals surface area contributed by atoms with Crippen molar-refractivity contribution in [2.75, 3.05) is 5.75 Å². The zero-order valence-corrected chi connectivity index (χ0v) is 18.6. The molecule has 0 spiro atoms. The van der Waals surface area contributed by atoms with E-state index in [2.05, 4.69) is 26.9 Å². The molecule has 0 saturated carbocycles. The van der Waals surface area contributed by atoms with Crippen LogP contribution in [0.25, 0.3) is 0 Å². The lowest BCUT2D eigenvalue weighted by Crippen LogP contribution is -2.21. The van der Waals surface area contributed by atoms with Crippen molar-refractivity contribution in [1.82, 2.24) is 15.0 Å². The molecule has 0 aromatic carbocycles. The number of hydrogen-bond donors (Lipinski definition) is 3. The van der Waals surface area contributed by atoms with E-state index >= 15 is 0 Å². The summed E-state index contributed by atoms with van der Waals surface area (Å²) in [5, 5.41) is 2.52. The highest BCUT2D eigenvalue weighted by Crippen LogP contribution is 2.22. The number of hydrogen-bond acceptors (Lipinski definition) is 6. The third-order valence-corrected chi connectivity index (χ3v) is 5.33. The third kappa shape index (κ3) is 8.50. The standard InChI is InChI=1S/C16H24N6OS2.2ClH/c1-3-4-5-12-10(2)19-13(21-14(12)23)6-7-24-8-11-9-25-16(20-11)22-15(17)18;;/h9H,3-8H2,1-2H3,(H,19,21,23)(H4,17,18,20,22);2*1H. The summed E-state index contributed by atoms with van der Waals surface area (Å²) in [7, 11) is 0. The van der Waals surface area contributed by atoms with Crippen LogP contribution in [0.2, 0.25) is 0 Å². The normalized spacial score (nSPS) is 10.0. The lowest BCUT2D eigenvalue weighted by Gasteiger charge is -2.06. The molecule has 7 nitrogen and oxygen atoms in total. The predicted octanol–water partition coefficient (Wildman–Crippen LogP) is 3.10. The molecule has 0 aliphatic rings. The second-order valence-electron chi connectivity index (χ2n) is 5.64. The number of guanidine groups is 1. The molecule has 0 radical (unpaired) electrons. The average molecular weight is 453 g/mol. The number of aromatic amines is 1. The monoisotopic (exact) mass is 452 g/mol. The zero-order chi connectivity index (χ0) is 18.2. The number of aromatic nitrogens is 3. The van der Waals surface area contributed by atoms with Gasteiger partial charge in [-0.25, -0.2) is 9.97 Å². The minimum Gasteiger partial charge on any atom is -0.370 e. The molecule has 152 valence electrons. The SMILES string of the molecule is CCCCc1c(C)nc(CCSCc2csc(N=C(N)N)n2)[nH]c1=O.Cl.Cl. The molecule has 5 N–H and O–H groups in total. The van der Waals surface area contributed by atoms with Gasteiger partial charge in [-0.15, -0.1) is 36.2 Å². The zero-order valence-electron chi connectivity index (χ0n) is 15.4. The van der Waals surface area contributed by atoms with Gasteiger partial charge in [-0.05, 0) is 19.8 Å². The number of aliphatic imine (C=N–C) groups is 1. The van der Waals surface area contributed by atoms with Crippen molar-refractivity contribution < 1.29 is 0 Å². The van der Waals surface area contributed by atoms with Gasteiger partial charge in [0.1, 0.15) is 5.82 Å². The molecule has 2 heterocycles. The fourth-order valence-electron chi connectivity index (χ4n) is 2.31. The van der Waals surface area contributed by atoms with Crippen molar-refractivity contribution in [1.29, 1.82) is 0 Å². The van der Waals surface area contributed by atoms with Crippen LogP contribution in [-0.2, 0) is 18.6 Å². The average Bonchev–Trinajstić information content (AvgIpc) is 2.97. The highest BCUT2D eigenvalue weighted by atomic mass is 35.5. The Bertz CT molecular complexity index is 789. The number of nitrogens with one attached hydrogen (secondary N) is 1. The number of aryl methyl sites for hydroxylation is 2. The summed E-state index contributed by atoms with van der Waals surface area (Å²) >= 11 is 3.15. The van der Waals surface area contributed by atoms with E-state index in [1.807, 2.05) is 12.3 Å². The van der Waals surface area contributed by atoms with Gasteiger partial charge in [0.25, 0.3) is 5.56 Å². The van der Waals surface area contributed by atoms with Crippen LogP contribution in [0, 0.1) is 6.92 Å². The van der Waals surface area contributed by atoms with Gasteiger partial charge in [0.15, 0.2) is 5.96 Å². The van der Waals surface area contributed by atoms with Gasteiger partial charge in [0.2, 0.25) is 5.13 Å². The molecule has 0 fully saturated rings. The first-order chi connectivity index (χ1) is 12.0. The Morgan fingerprint density at radius 2 is 2.04 bits per heavy atom. The van der Waals surface area contributed by atoms with E-state index in [-0.39, 0.29) is 36.3 Å². The van der Waals surface area contributed by atoms with E-state index in [4.69, 9.17) is 11.5 Å². The van der Waals surface area contributed by atoms with Crippen LogP contribution >= 0.6 is 47.9 Å². The molecule has 2 aromatic rings. The minimum absolute atomic E-state index is 0. The van der Waals surface area contributed by atoms with E-state index in [0.717, 1.165) is 60.0 Å².